The fraction of sp³-hybridized carbons (Fsp3) is 0.235. The van der Waals surface area contributed by atoms with E-state index in [-0.39, 0.29) is 11.5 Å². The van der Waals surface area contributed by atoms with Crippen molar-refractivity contribution in [2.45, 2.75) is 24.4 Å². The molecule has 0 saturated heterocycles. The second-order valence-corrected chi connectivity index (χ2v) is 6.36. The van der Waals surface area contributed by atoms with Crippen molar-refractivity contribution >= 4 is 28.2 Å². The number of hydrogen-bond acceptors (Lipinski definition) is 5. The van der Waals surface area contributed by atoms with Crippen LogP contribution in [0.25, 0.3) is 10.2 Å². The molecular formula is C17H14N2O2S. The van der Waals surface area contributed by atoms with E-state index in [1.54, 1.807) is 0 Å². The monoisotopic (exact) mass is 310 g/mol. The lowest BCUT2D eigenvalue weighted by atomic mass is 9.86. The van der Waals surface area contributed by atoms with Gasteiger partial charge in [-0.1, -0.05) is 47.0 Å². The Hall–Kier alpha value is -2.27. The van der Waals surface area contributed by atoms with Crippen molar-refractivity contribution in [2.24, 2.45) is 0 Å². The van der Waals surface area contributed by atoms with Crippen molar-refractivity contribution in [3.05, 3.63) is 59.7 Å². The molecule has 22 heavy (non-hydrogen) atoms. The molecule has 0 radical (unpaired) electrons. The van der Waals surface area contributed by atoms with Crippen LogP contribution in [0.2, 0.25) is 0 Å². The maximum atomic E-state index is 11.1. The summed E-state index contributed by atoms with van der Waals surface area (Å²) in [6.45, 7) is 0.557. The molecule has 1 aliphatic rings. The summed E-state index contributed by atoms with van der Waals surface area (Å²) in [5.41, 5.74) is 2.95. The highest BCUT2D eigenvalue weighted by atomic mass is 32.1. The van der Waals surface area contributed by atoms with Crippen LogP contribution in [0.4, 0.5) is 0 Å². The van der Waals surface area contributed by atoms with Crippen LogP contribution in [-0.4, -0.2) is 16.1 Å². The molecule has 4 rings (SSSR count). The summed E-state index contributed by atoms with van der Waals surface area (Å²) in [5, 5.41) is 4.12. The van der Waals surface area contributed by atoms with Crippen molar-refractivity contribution in [2.75, 3.05) is 0 Å². The van der Waals surface area contributed by atoms with Gasteiger partial charge in [0.25, 0.3) is 6.47 Å². The van der Waals surface area contributed by atoms with Crippen molar-refractivity contribution < 1.29 is 9.53 Å². The Bertz CT molecular complexity index is 812. The predicted octanol–water partition coefficient (Wildman–Crippen LogP) is 3.64. The van der Waals surface area contributed by atoms with E-state index in [0.717, 1.165) is 28.6 Å². The third-order valence-corrected chi connectivity index (χ3v) is 5.21. The van der Waals surface area contributed by atoms with Crippen LogP contribution in [-0.2, 0) is 14.9 Å². The zero-order chi connectivity index (χ0) is 15.0. The van der Waals surface area contributed by atoms with Crippen LogP contribution in [0.3, 0.4) is 0 Å². The smallest absolute Gasteiger partial charge is 0.293 e. The van der Waals surface area contributed by atoms with Gasteiger partial charge in [0.05, 0.1) is 4.70 Å². The van der Waals surface area contributed by atoms with Crippen LogP contribution < -0.4 is 0 Å². The molecule has 0 aliphatic heterocycles. The summed E-state index contributed by atoms with van der Waals surface area (Å²) in [6, 6.07) is 16.2. The van der Waals surface area contributed by atoms with Gasteiger partial charge in [0, 0.05) is 11.0 Å². The van der Waals surface area contributed by atoms with Gasteiger partial charge in [-0.3, -0.25) is 4.79 Å². The summed E-state index contributed by atoms with van der Waals surface area (Å²) in [6.07, 6.45) is 1.73. The molecule has 0 bridgehead atoms. The minimum atomic E-state index is -0.293. The summed E-state index contributed by atoms with van der Waals surface area (Å²) in [5.74, 6) is 0. The van der Waals surface area contributed by atoms with Gasteiger partial charge >= 0.3 is 0 Å². The number of benzene rings is 2. The number of fused-ring (bicyclic) bond motifs is 1. The summed E-state index contributed by atoms with van der Waals surface area (Å²) >= 11 is 1.35. The van der Waals surface area contributed by atoms with Crippen molar-refractivity contribution in [1.29, 1.82) is 0 Å². The number of aromatic nitrogens is 2. The maximum Gasteiger partial charge on any atom is 0.293 e. The lowest BCUT2D eigenvalue weighted by molar-refractivity contribution is -0.135. The fourth-order valence-electron chi connectivity index (χ4n) is 3.20. The molecule has 110 valence electrons. The summed E-state index contributed by atoms with van der Waals surface area (Å²) in [4.78, 5) is 11.1. The van der Waals surface area contributed by atoms with Crippen LogP contribution in [0.5, 0.6) is 0 Å². The maximum absolute atomic E-state index is 11.1. The molecule has 1 saturated carbocycles. The highest BCUT2D eigenvalue weighted by Crippen LogP contribution is 2.58. The molecule has 0 spiro atoms. The Balaban J connectivity index is 1.85. The molecule has 1 aliphatic carbocycles. The van der Waals surface area contributed by atoms with Gasteiger partial charge in [-0.15, -0.1) is 5.10 Å². The second-order valence-electron chi connectivity index (χ2n) is 5.60. The van der Waals surface area contributed by atoms with Gasteiger partial charge in [0.2, 0.25) is 0 Å². The van der Waals surface area contributed by atoms with Gasteiger partial charge in [-0.05, 0) is 36.0 Å². The normalized spacial score (nSPS) is 17.1. The van der Waals surface area contributed by atoms with Crippen molar-refractivity contribution in [3.63, 3.8) is 0 Å². The molecule has 1 atom stereocenters. The van der Waals surface area contributed by atoms with E-state index in [1.165, 1.54) is 17.1 Å². The van der Waals surface area contributed by atoms with Crippen LogP contribution in [0.1, 0.15) is 30.1 Å². The Labute approximate surface area is 131 Å². The van der Waals surface area contributed by atoms with Gasteiger partial charge in [0.1, 0.15) is 11.6 Å². The standard InChI is InChI=1S/C17H14N2O2S/c20-11-21-16(13-7-4-8-14-15(13)22-19-18-14)17(9-10-17)12-5-2-1-3-6-12/h1-8,11,16H,9-10H2. The molecule has 1 heterocycles. The van der Waals surface area contributed by atoms with E-state index in [4.69, 9.17) is 4.74 Å². The number of rotatable bonds is 5. The number of carbonyl (C=O) groups excluding carboxylic acids is 1. The molecule has 4 nitrogen and oxygen atoms in total. The Morgan fingerprint density at radius 1 is 1.14 bits per heavy atom. The van der Waals surface area contributed by atoms with Gasteiger partial charge in [-0.25, -0.2) is 0 Å². The van der Waals surface area contributed by atoms with Crippen LogP contribution in [0.15, 0.2) is 48.5 Å². The predicted molar refractivity (Wildman–Crippen MR) is 84.7 cm³/mol. The Kier molecular flexibility index (Phi) is 3.15. The van der Waals surface area contributed by atoms with E-state index in [0.29, 0.717) is 6.47 Å². The van der Waals surface area contributed by atoms with Crippen molar-refractivity contribution in [3.8, 4) is 0 Å². The third kappa shape index (κ3) is 2.01. The quantitative estimate of drug-likeness (QED) is 0.675. The lowest BCUT2D eigenvalue weighted by Crippen LogP contribution is -2.21. The highest BCUT2D eigenvalue weighted by molar-refractivity contribution is 7.13. The molecule has 3 aromatic rings. The molecule has 0 amide bonds. The van der Waals surface area contributed by atoms with Gasteiger partial charge in [0.15, 0.2) is 0 Å². The molecule has 1 aromatic heterocycles. The van der Waals surface area contributed by atoms with Gasteiger partial charge in [-0.2, -0.15) is 0 Å². The average molecular weight is 310 g/mol. The molecule has 0 N–H and O–H groups in total. The zero-order valence-electron chi connectivity index (χ0n) is 11.8. The minimum absolute atomic E-state index is 0.125. The van der Waals surface area contributed by atoms with E-state index in [9.17, 15) is 4.79 Å². The number of hydrogen-bond donors (Lipinski definition) is 0. The topological polar surface area (TPSA) is 52.1 Å². The Morgan fingerprint density at radius 3 is 2.68 bits per heavy atom. The lowest BCUT2D eigenvalue weighted by Gasteiger charge is -2.26. The van der Waals surface area contributed by atoms with E-state index in [1.807, 2.05) is 36.4 Å². The van der Waals surface area contributed by atoms with Crippen LogP contribution in [0, 0.1) is 0 Å². The second kappa shape index (κ2) is 5.18. The number of ether oxygens (including phenoxy) is 1. The largest absolute Gasteiger partial charge is 0.459 e. The van der Waals surface area contributed by atoms with Gasteiger partial charge < -0.3 is 4.74 Å². The molecule has 5 heteroatoms. The zero-order valence-corrected chi connectivity index (χ0v) is 12.6. The molecular weight excluding hydrogens is 296 g/mol. The summed E-state index contributed by atoms with van der Waals surface area (Å²) in [7, 11) is 0. The Morgan fingerprint density at radius 2 is 1.95 bits per heavy atom. The average Bonchev–Trinajstić information content (AvgIpc) is 3.23. The molecule has 1 unspecified atom stereocenters. The fourth-order valence-corrected chi connectivity index (χ4v) is 3.89. The summed E-state index contributed by atoms with van der Waals surface area (Å²) < 4.78 is 10.6. The first kappa shape index (κ1) is 13.4. The molecule has 2 aromatic carbocycles. The number of carbonyl (C=O) groups is 1. The number of nitrogens with zero attached hydrogens (tertiary/aromatic N) is 2. The highest BCUT2D eigenvalue weighted by Gasteiger charge is 2.53. The minimum Gasteiger partial charge on any atom is -0.459 e. The van der Waals surface area contributed by atoms with Crippen molar-refractivity contribution in [1.82, 2.24) is 9.59 Å². The molecule has 1 fully saturated rings. The van der Waals surface area contributed by atoms with E-state index in [2.05, 4.69) is 21.7 Å². The van der Waals surface area contributed by atoms with E-state index < -0.39 is 0 Å². The first-order valence-electron chi connectivity index (χ1n) is 7.21. The van der Waals surface area contributed by atoms with E-state index >= 15 is 0 Å². The van der Waals surface area contributed by atoms with Crippen LogP contribution >= 0.6 is 11.5 Å². The third-order valence-electron chi connectivity index (χ3n) is 4.42. The SMILES string of the molecule is O=COC(c1cccc2nnsc12)C1(c2ccccc2)CC1. The first-order valence-corrected chi connectivity index (χ1v) is 7.98. The first-order chi connectivity index (χ1) is 10.8.